The summed E-state index contributed by atoms with van der Waals surface area (Å²) in [4.78, 5) is 8.62. The van der Waals surface area contributed by atoms with Crippen LogP contribution in [0.2, 0.25) is 0 Å². The number of nitrogens with zero attached hydrogens (tertiary/aromatic N) is 4. The zero-order valence-electron chi connectivity index (χ0n) is 11.3. The first-order valence-corrected chi connectivity index (χ1v) is 6.56. The van der Waals surface area contributed by atoms with Gasteiger partial charge < -0.3 is 13.8 Å². The SMILES string of the molecule is CC1(c2nc(-c3nc(-c4ccccc4)no3)no2)COC1. The highest BCUT2D eigenvalue weighted by Crippen LogP contribution is 2.31. The van der Waals surface area contributed by atoms with Crippen LogP contribution in [-0.4, -0.2) is 33.5 Å². The van der Waals surface area contributed by atoms with E-state index in [2.05, 4.69) is 20.3 Å². The van der Waals surface area contributed by atoms with Crippen molar-refractivity contribution >= 4 is 0 Å². The molecule has 0 atom stereocenters. The molecule has 0 unspecified atom stereocenters. The van der Waals surface area contributed by atoms with Crippen LogP contribution in [0, 0.1) is 0 Å². The van der Waals surface area contributed by atoms with E-state index in [1.807, 2.05) is 37.3 Å². The number of benzene rings is 1. The molecule has 1 aliphatic heterocycles. The van der Waals surface area contributed by atoms with Crippen molar-refractivity contribution in [1.29, 1.82) is 0 Å². The van der Waals surface area contributed by atoms with E-state index >= 15 is 0 Å². The second kappa shape index (κ2) is 4.49. The van der Waals surface area contributed by atoms with E-state index in [4.69, 9.17) is 13.8 Å². The number of hydrogen-bond donors (Lipinski definition) is 0. The zero-order valence-corrected chi connectivity index (χ0v) is 11.3. The van der Waals surface area contributed by atoms with Crippen molar-refractivity contribution in [1.82, 2.24) is 20.3 Å². The lowest BCUT2D eigenvalue weighted by atomic mass is 9.89. The third-order valence-corrected chi connectivity index (χ3v) is 3.43. The fourth-order valence-corrected chi connectivity index (χ4v) is 2.11. The van der Waals surface area contributed by atoms with Crippen molar-refractivity contribution in [3.8, 4) is 23.1 Å². The van der Waals surface area contributed by atoms with Crippen molar-refractivity contribution in [3.05, 3.63) is 36.2 Å². The Labute approximate surface area is 119 Å². The lowest BCUT2D eigenvalue weighted by Gasteiger charge is -2.33. The normalized spacial score (nSPS) is 16.6. The standard InChI is InChI=1S/C14H12N4O3/c1-14(7-19-8-14)13-16-11(18-21-13)12-15-10(17-20-12)9-5-3-2-4-6-9/h2-6H,7-8H2,1H3. The third-order valence-electron chi connectivity index (χ3n) is 3.43. The van der Waals surface area contributed by atoms with Crippen molar-refractivity contribution in [2.24, 2.45) is 0 Å². The van der Waals surface area contributed by atoms with Gasteiger partial charge in [0.2, 0.25) is 11.7 Å². The molecule has 3 heterocycles. The molecule has 0 aliphatic carbocycles. The predicted molar refractivity (Wildman–Crippen MR) is 71.2 cm³/mol. The first-order chi connectivity index (χ1) is 10.2. The molecule has 21 heavy (non-hydrogen) atoms. The van der Waals surface area contributed by atoms with Crippen LogP contribution in [0.25, 0.3) is 23.1 Å². The second-order valence-corrected chi connectivity index (χ2v) is 5.27. The summed E-state index contributed by atoms with van der Waals surface area (Å²) in [6, 6.07) is 9.56. The summed E-state index contributed by atoms with van der Waals surface area (Å²) in [5.74, 6) is 1.57. The minimum Gasteiger partial charge on any atom is -0.379 e. The van der Waals surface area contributed by atoms with Crippen molar-refractivity contribution in [2.75, 3.05) is 13.2 Å². The van der Waals surface area contributed by atoms with E-state index in [1.165, 1.54) is 0 Å². The van der Waals surface area contributed by atoms with E-state index < -0.39 is 0 Å². The van der Waals surface area contributed by atoms with Gasteiger partial charge in [-0.3, -0.25) is 0 Å². The minimum atomic E-state index is -0.215. The van der Waals surface area contributed by atoms with E-state index in [9.17, 15) is 0 Å². The Kier molecular flexibility index (Phi) is 2.61. The van der Waals surface area contributed by atoms with Gasteiger partial charge >= 0.3 is 0 Å². The zero-order chi connectivity index (χ0) is 14.3. The molecule has 0 N–H and O–H groups in total. The van der Waals surface area contributed by atoms with E-state index in [1.54, 1.807) is 0 Å². The Bertz CT molecular complexity index is 761. The molecule has 0 spiro atoms. The second-order valence-electron chi connectivity index (χ2n) is 5.27. The third kappa shape index (κ3) is 2.02. The van der Waals surface area contributed by atoms with E-state index in [0.29, 0.717) is 30.8 Å². The van der Waals surface area contributed by atoms with Crippen LogP contribution >= 0.6 is 0 Å². The number of hydrogen-bond acceptors (Lipinski definition) is 7. The van der Waals surface area contributed by atoms with Gasteiger partial charge in [0.25, 0.3) is 11.7 Å². The minimum absolute atomic E-state index is 0.215. The van der Waals surface area contributed by atoms with E-state index in [0.717, 1.165) is 5.56 Å². The van der Waals surface area contributed by atoms with Crippen molar-refractivity contribution in [3.63, 3.8) is 0 Å². The molecular weight excluding hydrogens is 272 g/mol. The van der Waals surface area contributed by atoms with Crippen molar-refractivity contribution < 1.29 is 13.8 Å². The van der Waals surface area contributed by atoms with E-state index in [-0.39, 0.29) is 11.3 Å². The maximum Gasteiger partial charge on any atom is 0.299 e. The van der Waals surface area contributed by atoms with Gasteiger partial charge in [0.15, 0.2) is 0 Å². The lowest BCUT2D eigenvalue weighted by molar-refractivity contribution is -0.0644. The molecule has 3 aromatic rings. The Morgan fingerprint density at radius 2 is 1.71 bits per heavy atom. The van der Waals surface area contributed by atoms with Gasteiger partial charge in [-0.25, -0.2) is 0 Å². The molecule has 0 saturated carbocycles. The van der Waals surface area contributed by atoms with Gasteiger partial charge in [0.1, 0.15) is 0 Å². The molecule has 1 fully saturated rings. The summed E-state index contributed by atoms with van der Waals surface area (Å²) in [7, 11) is 0. The maximum absolute atomic E-state index is 5.27. The highest BCUT2D eigenvalue weighted by atomic mass is 16.5. The Balaban J connectivity index is 1.64. The van der Waals surface area contributed by atoms with Crippen LogP contribution in [0.15, 0.2) is 39.4 Å². The molecule has 1 aliphatic rings. The van der Waals surface area contributed by atoms with Crippen molar-refractivity contribution in [2.45, 2.75) is 12.3 Å². The average molecular weight is 284 g/mol. The fourth-order valence-electron chi connectivity index (χ4n) is 2.11. The van der Waals surface area contributed by atoms with Crippen LogP contribution < -0.4 is 0 Å². The molecule has 0 bridgehead atoms. The predicted octanol–water partition coefficient (Wildman–Crippen LogP) is 2.07. The molecule has 1 aromatic carbocycles. The van der Waals surface area contributed by atoms with Gasteiger partial charge in [-0.05, 0) is 6.92 Å². The molecule has 0 amide bonds. The highest BCUT2D eigenvalue weighted by molar-refractivity contribution is 5.56. The summed E-state index contributed by atoms with van der Waals surface area (Å²) in [5, 5.41) is 7.84. The first kappa shape index (κ1) is 12.2. The monoisotopic (exact) mass is 284 g/mol. The fraction of sp³-hybridized carbons (Fsp3) is 0.286. The quantitative estimate of drug-likeness (QED) is 0.727. The summed E-state index contributed by atoms with van der Waals surface area (Å²) < 4.78 is 15.7. The van der Waals surface area contributed by atoms with Gasteiger partial charge in [-0.15, -0.1) is 0 Å². The number of aromatic nitrogens is 4. The van der Waals surface area contributed by atoms with Crippen LogP contribution in [0.4, 0.5) is 0 Å². The van der Waals surface area contributed by atoms with Crippen LogP contribution in [0.3, 0.4) is 0 Å². The summed E-state index contributed by atoms with van der Waals surface area (Å²) in [5.41, 5.74) is 0.656. The summed E-state index contributed by atoms with van der Waals surface area (Å²) in [6.07, 6.45) is 0. The van der Waals surface area contributed by atoms with Gasteiger partial charge in [-0.1, -0.05) is 40.6 Å². The van der Waals surface area contributed by atoms with Crippen LogP contribution in [0.5, 0.6) is 0 Å². The smallest absolute Gasteiger partial charge is 0.299 e. The van der Waals surface area contributed by atoms with Gasteiger partial charge in [0, 0.05) is 5.56 Å². The van der Waals surface area contributed by atoms with Crippen LogP contribution in [-0.2, 0) is 10.2 Å². The lowest BCUT2D eigenvalue weighted by Crippen LogP contribution is -2.44. The summed E-state index contributed by atoms with van der Waals surface area (Å²) in [6.45, 7) is 3.17. The molecule has 2 aromatic heterocycles. The molecular formula is C14H12N4O3. The number of ether oxygens (including phenoxy) is 1. The summed E-state index contributed by atoms with van der Waals surface area (Å²) >= 11 is 0. The van der Waals surface area contributed by atoms with Gasteiger partial charge in [0.05, 0.1) is 18.6 Å². The maximum atomic E-state index is 5.27. The first-order valence-electron chi connectivity index (χ1n) is 6.56. The van der Waals surface area contributed by atoms with Gasteiger partial charge in [-0.2, -0.15) is 9.97 Å². The Morgan fingerprint density at radius 1 is 0.952 bits per heavy atom. The Morgan fingerprint density at radius 3 is 2.43 bits per heavy atom. The molecule has 0 radical (unpaired) electrons. The van der Waals surface area contributed by atoms with Crippen LogP contribution in [0.1, 0.15) is 12.8 Å². The molecule has 7 heteroatoms. The largest absolute Gasteiger partial charge is 0.379 e. The molecule has 106 valence electrons. The highest BCUT2D eigenvalue weighted by Gasteiger charge is 2.41. The average Bonchev–Trinajstić information content (AvgIpc) is 3.14. The Hall–Kier alpha value is -2.54. The number of rotatable bonds is 3. The molecule has 1 saturated heterocycles. The molecule has 7 nitrogen and oxygen atoms in total. The topological polar surface area (TPSA) is 87.1 Å². The molecule has 4 rings (SSSR count).